The van der Waals surface area contributed by atoms with Crippen molar-refractivity contribution in [2.45, 2.75) is 13.5 Å². The van der Waals surface area contributed by atoms with E-state index in [9.17, 15) is 8.42 Å². The second-order valence-electron chi connectivity index (χ2n) is 5.15. The zero-order valence-corrected chi connectivity index (χ0v) is 13.9. The highest BCUT2D eigenvalue weighted by molar-refractivity contribution is 7.92. The SMILES string of the molecule is Cc1nnc(-c2ncc(CN(c3ccccc3)S(C)(=O)=O)cn2)o1. The lowest BCUT2D eigenvalue weighted by Crippen LogP contribution is -2.29. The minimum atomic E-state index is -3.44. The number of aryl methyl sites for hydroxylation is 1. The van der Waals surface area contributed by atoms with Crippen molar-refractivity contribution in [1.82, 2.24) is 20.2 Å². The quantitative estimate of drug-likeness (QED) is 0.694. The lowest BCUT2D eigenvalue weighted by molar-refractivity contribution is 0.528. The molecule has 0 spiro atoms. The third-order valence-corrected chi connectivity index (χ3v) is 4.33. The van der Waals surface area contributed by atoms with Crippen molar-refractivity contribution in [2.24, 2.45) is 0 Å². The van der Waals surface area contributed by atoms with Gasteiger partial charge in [0.05, 0.1) is 18.5 Å². The molecule has 2 aromatic heterocycles. The van der Waals surface area contributed by atoms with Crippen molar-refractivity contribution < 1.29 is 12.8 Å². The first kappa shape index (κ1) is 16.1. The number of rotatable bonds is 5. The van der Waals surface area contributed by atoms with Gasteiger partial charge in [0.15, 0.2) is 0 Å². The van der Waals surface area contributed by atoms with Crippen LogP contribution >= 0.6 is 0 Å². The molecule has 1 aromatic carbocycles. The van der Waals surface area contributed by atoms with Crippen LogP contribution in [-0.2, 0) is 16.6 Å². The van der Waals surface area contributed by atoms with Crippen molar-refractivity contribution in [1.29, 1.82) is 0 Å². The maximum Gasteiger partial charge on any atom is 0.285 e. The Morgan fingerprint density at radius 3 is 2.29 bits per heavy atom. The van der Waals surface area contributed by atoms with Gasteiger partial charge in [-0.3, -0.25) is 4.31 Å². The van der Waals surface area contributed by atoms with Crippen LogP contribution in [0.3, 0.4) is 0 Å². The molecule has 0 saturated heterocycles. The van der Waals surface area contributed by atoms with Gasteiger partial charge < -0.3 is 4.42 Å². The van der Waals surface area contributed by atoms with E-state index in [4.69, 9.17) is 4.42 Å². The summed E-state index contributed by atoms with van der Waals surface area (Å²) in [6, 6.07) is 8.86. The average Bonchev–Trinajstić information content (AvgIpc) is 2.99. The lowest BCUT2D eigenvalue weighted by atomic mass is 10.3. The molecule has 0 saturated carbocycles. The summed E-state index contributed by atoms with van der Waals surface area (Å²) < 4.78 is 30.7. The Morgan fingerprint density at radius 1 is 1.08 bits per heavy atom. The Bertz CT molecular complexity index is 923. The number of nitrogens with zero attached hydrogens (tertiary/aromatic N) is 5. The Morgan fingerprint density at radius 2 is 1.75 bits per heavy atom. The van der Waals surface area contributed by atoms with Gasteiger partial charge in [-0.1, -0.05) is 18.2 Å². The number of para-hydroxylation sites is 1. The molecule has 9 heteroatoms. The van der Waals surface area contributed by atoms with Gasteiger partial charge in [0.1, 0.15) is 0 Å². The zero-order valence-electron chi connectivity index (χ0n) is 13.1. The van der Waals surface area contributed by atoms with Crippen molar-refractivity contribution in [3.63, 3.8) is 0 Å². The van der Waals surface area contributed by atoms with Crippen LogP contribution in [0.2, 0.25) is 0 Å². The predicted octanol–water partition coefficient (Wildman–Crippen LogP) is 1.80. The summed E-state index contributed by atoms with van der Waals surface area (Å²) in [4.78, 5) is 8.32. The molecule has 2 heterocycles. The monoisotopic (exact) mass is 345 g/mol. The Kier molecular flexibility index (Phi) is 4.26. The molecule has 0 aliphatic heterocycles. The molecular formula is C15H15N5O3S. The van der Waals surface area contributed by atoms with E-state index in [2.05, 4.69) is 20.2 Å². The van der Waals surface area contributed by atoms with E-state index in [-0.39, 0.29) is 12.4 Å². The summed E-state index contributed by atoms with van der Waals surface area (Å²) in [7, 11) is -3.44. The number of sulfonamides is 1. The molecule has 0 N–H and O–H groups in total. The third-order valence-electron chi connectivity index (χ3n) is 3.19. The van der Waals surface area contributed by atoms with Crippen molar-refractivity contribution in [3.8, 4) is 11.7 Å². The van der Waals surface area contributed by atoms with E-state index in [0.29, 0.717) is 23.0 Å². The van der Waals surface area contributed by atoms with Gasteiger partial charge in [0.2, 0.25) is 21.7 Å². The summed E-state index contributed by atoms with van der Waals surface area (Å²) in [5.41, 5.74) is 1.22. The first-order valence-corrected chi connectivity index (χ1v) is 8.92. The molecule has 8 nitrogen and oxygen atoms in total. The smallest absolute Gasteiger partial charge is 0.285 e. The molecule has 3 aromatic rings. The Labute approximate surface area is 139 Å². The topological polar surface area (TPSA) is 102 Å². The summed E-state index contributed by atoms with van der Waals surface area (Å²) >= 11 is 0. The molecule has 0 radical (unpaired) electrons. The number of anilines is 1. The standard InChI is InChI=1S/C15H15N5O3S/c1-11-18-19-15(23-11)14-16-8-12(9-17-14)10-20(24(2,21)22)13-6-4-3-5-7-13/h3-9H,10H2,1-2H3. The minimum Gasteiger partial charge on any atom is -0.418 e. The fourth-order valence-electron chi connectivity index (χ4n) is 2.09. The predicted molar refractivity (Wildman–Crippen MR) is 87.5 cm³/mol. The number of aromatic nitrogens is 4. The van der Waals surface area contributed by atoms with Crippen LogP contribution in [0.4, 0.5) is 5.69 Å². The molecule has 0 fully saturated rings. The van der Waals surface area contributed by atoms with E-state index >= 15 is 0 Å². The first-order chi connectivity index (χ1) is 11.4. The fraction of sp³-hybridized carbons (Fsp3) is 0.200. The molecule has 3 rings (SSSR count). The van der Waals surface area contributed by atoms with Crippen LogP contribution in [0.1, 0.15) is 11.5 Å². The van der Waals surface area contributed by atoms with Gasteiger partial charge in [-0.05, 0) is 12.1 Å². The molecule has 0 atom stereocenters. The first-order valence-electron chi connectivity index (χ1n) is 7.07. The fourth-order valence-corrected chi connectivity index (χ4v) is 2.98. The van der Waals surface area contributed by atoms with E-state index in [1.165, 1.54) is 4.31 Å². The normalized spacial score (nSPS) is 11.4. The van der Waals surface area contributed by atoms with Crippen molar-refractivity contribution in [2.75, 3.05) is 10.6 Å². The Balaban J connectivity index is 1.86. The van der Waals surface area contributed by atoms with Gasteiger partial charge in [-0.15, -0.1) is 10.2 Å². The second-order valence-corrected chi connectivity index (χ2v) is 7.05. The molecule has 124 valence electrons. The second kappa shape index (κ2) is 6.36. The van der Waals surface area contributed by atoms with Gasteiger partial charge in [0, 0.05) is 24.9 Å². The maximum absolute atomic E-state index is 12.1. The van der Waals surface area contributed by atoms with Crippen LogP contribution in [0, 0.1) is 6.92 Å². The molecule has 0 aliphatic rings. The number of benzene rings is 1. The van der Waals surface area contributed by atoms with Crippen LogP contribution < -0.4 is 4.31 Å². The van der Waals surface area contributed by atoms with E-state index < -0.39 is 10.0 Å². The molecule has 0 bridgehead atoms. The maximum atomic E-state index is 12.1. The zero-order chi connectivity index (χ0) is 17.2. The highest BCUT2D eigenvalue weighted by Gasteiger charge is 2.18. The van der Waals surface area contributed by atoms with Gasteiger partial charge in [-0.25, -0.2) is 18.4 Å². The molecule has 0 unspecified atom stereocenters. The van der Waals surface area contributed by atoms with Crippen LogP contribution in [0.15, 0.2) is 47.1 Å². The van der Waals surface area contributed by atoms with Crippen molar-refractivity contribution >= 4 is 15.7 Å². The van der Waals surface area contributed by atoms with Gasteiger partial charge in [-0.2, -0.15) is 0 Å². The Hall–Kier alpha value is -2.81. The van der Waals surface area contributed by atoms with Crippen LogP contribution in [-0.4, -0.2) is 34.8 Å². The summed E-state index contributed by atoms with van der Waals surface area (Å²) in [5.74, 6) is 0.942. The minimum absolute atomic E-state index is 0.131. The molecule has 0 aliphatic carbocycles. The molecule has 24 heavy (non-hydrogen) atoms. The number of hydrogen-bond donors (Lipinski definition) is 0. The van der Waals surface area contributed by atoms with E-state index in [1.807, 2.05) is 6.07 Å². The van der Waals surface area contributed by atoms with Crippen LogP contribution in [0.5, 0.6) is 0 Å². The third kappa shape index (κ3) is 3.57. The average molecular weight is 345 g/mol. The molecular weight excluding hydrogens is 330 g/mol. The lowest BCUT2D eigenvalue weighted by Gasteiger charge is -2.22. The molecule has 0 amide bonds. The van der Waals surface area contributed by atoms with Crippen molar-refractivity contribution in [3.05, 3.63) is 54.2 Å². The highest BCUT2D eigenvalue weighted by atomic mass is 32.2. The largest absolute Gasteiger partial charge is 0.418 e. The van der Waals surface area contributed by atoms with E-state index in [1.54, 1.807) is 43.6 Å². The summed E-state index contributed by atoms with van der Waals surface area (Å²) in [6.45, 7) is 1.81. The summed E-state index contributed by atoms with van der Waals surface area (Å²) in [5, 5.41) is 7.57. The summed E-state index contributed by atoms with van der Waals surface area (Å²) in [6.07, 6.45) is 4.25. The van der Waals surface area contributed by atoms with Gasteiger partial charge in [0.25, 0.3) is 5.89 Å². The van der Waals surface area contributed by atoms with Gasteiger partial charge >= 0.3 is 0 Å². The number of hydrogen-bond acceptors (Lipinski definition) is 7. The highest BCUT2D eigenvalue weighted by Crippen LogP contribution is 2.20. The van der Waals surface area contributed by atoms with E-state index in [0.717, 1.165) is 6.26 Å². The van der Waals surface area contributed by atoms with Crippen LogP contribution in [0.25, 0.3) is 11.7 Å².